The second-order valence-corrected chi connectivity index (χ2v) is 9.03. The number of aryl methyl sites for hydroxylation is 1. The first-order valence-electron chi connectivity index (χ1n) is 12.5. The Kier molecular flexibility index (Phi) is 22.9. The molecule has 0 spiro atoms. The fourth-order valence-electron chi connectivity index (χ4n) is 3.11. The van der Waals surface area contributed by atoms with E-state index >= 15 is 0 Å². The number of nitrogens with zero attached hydrogens (tertiary/aromatic N) is 3. The minimum absolute atomic E-state index is 0. The number of Topliss-reactive ketones (excluding diaryl/α,β-unsaturated/α-hetero) is 1. The first-order chi connectivity index (χ1) is 17.1. The van der Waals surface area contributed by atoms with Crippen molar-refractivity contribution in [2.75, 3.05) is 79.9 Å². The van der Waals surface area contributed by atoms with E-state index in [1.165, 1.54) is 0 Å². The summed E-state index contributed by atoms with van der Waals surface area (Å²) in [4.78, 5) is 42.7. The fourth-order valence-corrected chi connectivity index (χ4v) is 3.21. The molecule has 0 bridgehead atoms. The molecule has 0 aliphatic heterocycles. The molecular formula is C26H45IrN4O5S-. The van der Waals surface area contributed by atoms with Crippen molar-refractivity contribution in [2.24, 2.45) is 0 Å². The van der Waals surface area contributed by atoms with Crippen LogP contribution in [0.4, 0.5) is 4.79 Å². The van der Waals surface area contributed by atoms with Gasteiger partial charge < -0.3 is 42.1 Å². The second-order valence-electron chi connectivity index (χ2n) is 8.62. The van der Waals surface area contributed by atoms with E-state index in [0.29, 0.717) is 42.3 Å². The van der Waals surface area contributed by atoms with Crippen LogP contribution in [0.5, 0.6) is 5.75 Å². The van der Waals surface area contributed by atoms with Crippen LogP contribution >= 0.6 is 0 Å². The summed E-state index contributed by atoms with van der Waals surface area (Å²) in [6.07, 6.45) is 1.30. The molecule has 37 heavy (non-hydrogen) atoms. The van der Waals surface area contributed by atoms with Crippen molar-refractivity contribution in [3.05, 3.63) is 29.3 Å². The van der Waals surface area contributed by atoms with Crippen molar-refractivity contribution in [1.82, 2.24) is 20.0 Å². The van der Waals surface area contributed by atoms with Gasteiger partial charge >= 0.3 is 6.09 Å². The van der Waals surface area contributed by atoms with E-state index in [4.69, 9.17) is 22.1 Å². The molecule has 0 saturated carbocycles. The van der Waals surface area contributed by atoms with Crippen LogP contribution in [-0.2, 0) is 42.3 Å². The van der Waals surface area contributed by atoms with Gasteiger partial charge in [0.25, 0.3) is 0 Å². The number of rotatable bonds is 16. The summed E-state index contributed by atoms with van der Waals surface area (Å²) in [7, 11) is 8.01. The van der Waals surface area contributed by atoms with Gasteiger partial charge in [0.2, 0.25) is 5.91 Å². The van der Waals surface area contributed by atoms with Crippen LogP contribution in [0.1, 0.15) is 42.6 Å². The Hall–Kier alpha value is -1.49. The molecule has 9 nitrogen and oxygen atoms in total. The molecule has 0 fully saturated rings. The molecule has 0 aromatic heterocycles. The predicted molar refractivity (Wildman–Crippen MR) is 147 cm³/mol. The Morgan fingerprint density at radius 1 is 0.919 bits per heavy atom. The zero-order valence-corrected chi connectivity index (χ0v) is 26.6. The van der Waals surface area contributed by atoms with Gasteiger partial charge in [-0.05, 0) is 91.4 Å². The second kappa shape index (κ2) is 22.5. The Morgan fingerprint density at radius 2 is 1.49 bits per heavy atom. The first kappa shape index (κ1) is 37.7. The van der Waals surface area contributed by atoms with Gasteiger partial charge in [-0.3, -0.25) is 9.59 Å². The molecule has 0 saturated heterocycles. The number of hydrogen-bond acceptors (Lipinski definition) is 8. The molecule has 1 aromatic rings. The number of carbonyl (C=O) groups is 3. The zero-order chi connectivity index (χ0) is 27.5. The quantitative estimate of drug-likeness (QED) is 0.206. The normalized spacial score (nSPS) is 10.3. The van der Waals surface area contributed by atoms with E-state index in [2.05, 4.69) is 15.1 Å². The molecule has 1 N–H and O–H groups in total. The zero-order valence-electron chi connectivity index (χ0n) is 23.4. The number of nitrogens with one attached hydrogen (secondary N) is 1. The maximum Gasteiger partial charge on any atom is 0.415 e. The monoisotopic (exact) mass is 718 g/mol. The molecule has 0 unspecified atom stereocenters. The number of ketones is 1. The standard InChI is InChI=1S/C24H40N4O5S.C2H6.Ir/c1-19-16-20(21(29)17-32-18-23(30)25-10-15-34)8-9-22(19)33-24(31)28(13-6-11-26(2)3)14-7-12-27(4)5;1-2;/h8-9,16,34H,6-7,10-15,17-18H2,1-5H3,(H,25,30);1-2H3;/p-1. The van der Waals surface area contributed by atoms with Gasteiger partial charge in [-0.1, -0.05) is 13.8 Å². The van der Waals surface area contributed by atoms with E-state index in [1.54, 1.807) is 30.0 Å². The number of amides is 2. The number of carbonyl (C=O) groups excluding carboxylic acids is 3. The largest absolute Gasteiger partial charge is 0.791 e. The maximum absolute atomic E-state index is 12.9. The summed E-state index contributed by atoms with van der Waals surface area (Å²) < 4.78 is 10.9. The Bertz CT molecular complexity index is 782. The first-order valence-corrected chi connectivity index (χ1v) is 13.0. The molecule has 11 heteroatoms. The summed E-state index contributed by atoms with van der Waals surface area (Å²) in [5.74, 6) is 0.268. The van der Waals surface area contributed by atoms with Gasteiger partial charge in [-0.2, -0.15) is 5.75 Å². The summed E-state index contributed by atoms with van der Waals surface area (Å²) in [5.41, 5.74) is 1.10. The minimum atomic E-state index is -0.395. The van der Waals surface area contributed by atoms with E-state index in [-0.39, 0.29) is 45.0 Å². The molecule has 1 aromatic carbocycles. The minimum Gasteiger partial charge on any atom is -0.791 e. The third-order valence-corrected chi connectivity index (χ3v) is 5.11. The van der Waals surface area contributed by atoms with Crippen LogP contribution in [0.25, 0.3) is 0 Å². The molecule has 0 heterocycles. The number of ether oxygens (including phenoxy) is 2. The molecular weight excluding hydrogens is 673 g/mol. The van der Waals surface area contributed by atoms with Crippen molar-refractivity contribution in [3.63, 3.8) is 0 Å². The average Bonchev–Trinajstić information content (AvgIpc) is 2.83. The van der Waals surface area contributed by atoms with E-state index in [0.717, 1.165) is 25.9 Å². The van der Waals surface area contributed by atoms with E-state index < -0.39 is 6.09 Å². The average molecular weight is 718 g/mol. The van der Waals surface area contributed by atoms with Crippen molar-refractivity contribution < 1.29 is 44.0 Å². The Labute approximate surface area is 242 Å². The smallest absolute Gasteiger partial charge is 0.415 e. The Balaban J connectivity index is 0. The van der Waals surface area contributed by atoms with Gasteiger partial charge in [0.1, 0.15) is 19.0 Å². The van der Waals surface area contributed by atoms with Crippen LogP contribution in [0.2, 0.25) is 0 Å². The Morgan fingerprint density at radius 3 is 1.97 bits per heavy atom. The van der Waals surface area contributed by atoms with Crippen molar-refractivity contribution in [1.29, 1.82) is 0 Å². The van der Waals surface area contributed by atoms with Crippen LogP contribution in [0, 0.1) is 6.92 Å². The van der Waals surface area contributed by atoms with Crippen molar-refractivity contribution >= 4 is 30.4 Å². The number of benzene rings is 1. The molecule has 0 atom stereocenters. The van der Waals surface area contributed by atoms with E-state index in [9.17, 15) is 14.4 Å². The molecule has 0 aliphatic carbocycles. The molecule has 2 amide bonds. The van der Waals surface area contributed by atoms with Crippen LogP contribution in [0.3, 0.4) is 0 Å². The van der Waals surface area contributed by atoms with Crippen LogP contribution < -0.4 is 10.1 Å². The van der Waals surface area contributed by atoms with E-state index in [1.807, 2.05) is 42.0 Å². The van der Waals surface area contributed by atoms with Gasteiger partial charge in [0, 0.05) is 38.8 Å². The topological polar surface area (TPSA) is 91.4 Å². The third-order valence-electron chi connectivity index (χ3n) is 4.91. The predicted octanol–water partition coefficient (Wildman–Crippen LogP) is 2.59. The van der Waals surface area contributed by atoms with Crippen molar-refractivity contribution in [3.8, 4) is 5.75 Å². The SMILES string of the molecule is CC.Cc1cc(C(=O)COCC(=O)NCC[S-])ccc1OC(=O)N(CCCN(C)C)CCCN(C)C.[Ir]. The third kappa shape index (κ3) is 17.6. The molecule has 215 valence electrons. The van der Waals surface area contributed by atoms with Gasteiger partial charge in [-0.25, -0.2) is 4.79 Å². The summed E-state index contributed by atoms with van der Waals surface area (Å²) >= 11 is 4.76. The van der Waals surface area contributed by atoms with Crippen molar-refractivity contribution in [2.45, 2.75) is 33.6 Å². The molecule has 1 rings (SSSR count). The summed E-state index contributed by atoms with van der Waals surface area (Å²) in [6, 6.07) is 4.88. The molecule has 0 aliphatic rings. The fraction of sp³-hybridized carbons (Fsp3) is 0.654. The van der Waals surface area contributed by atoms with Crippen LogP contribution in [0.15, 0.2) is 18.2 Å². The number of hydrogen-bond donors (Lipinski definition) is 1. The van der Waals surface area contributed by atoms with Gasteiger partial charge in [0.15, 0.2) is 5.78 Å². The van der Waals surface area contributed by atoms with Gasteiger partial charge in [-0.15, -0.1) is 0 Å². The summed E-state index contributed by atoms with van der Waals surface area (Å²) in [5, 5.41) is 2.59. The molecule has 1 radical (unpaired) electrons. The van der Waals surface area contributed by atoms with Crippen LogP contribution in [-0.4, -0.2) is 112 Å². The van der Waals surface area contributed by atoms with Gasteiger partial charge in [0.05, 0.1) is 0 Å². The maximum atomic E-state index is 12.9. The summed E-state index contributed by atoms with van der Waals surface area (Å²) in [6.45, 7) is 8.74.